The van der Waals surface area contributed by atoms with Gasteiger partial charge < -0.3 is 9.64 Å². The molecule has 0 bridgehead atoms. The summed E-state index contributed by atoms with van der Waals surface area (Å²) in [7, 11) is 0. The monoisotopic (exact) mass is 250 g/mol. The first-order valence-electron chi connectivity index (χ1n) is 5.74. The Morgan fingerprint density at radius 2 is 2.22 bits per heavy atom. The second-order valence-corrected chi connectivity index (χ2v) is 4.18. The van der Waals surface area contributed by atoms with Crippen LogP contribution >= 0.6 is 0 Å². The summed E-state index contributed by atoms with van der Waals surface area (Å²) >= 11 is 0. The lowest BCUT2D eigenvalue weighted by molar-refractivity contribution is -0.385. The molecule has 1 aromatic rings. The summed E-state index contributed by atoms with van der Waals surface area (Å²) in [5.41, 5.74) is 0.447. The van der Waals surface area contributed by atoms with Crippen LogP contribution in [0.4, 0.5) is 5.69 Å². The van der Waals surface area contributed by atoms with Gasteiger partial charge in [0.2, 0.25) is 0 Å². The Kier molecular flexibility index (Phi) is 3.45. The highest BCUT2D eigenvalue weighted by molar-refractivity contribution is 5.78. The summed E-state index contributed by atoms with van der Waals surface area (Å²) in [6.45, 7) is 3.09. The second-order valence-electron chi connectivity index (χ2n) is 4.18. The summed E-state index contributed by atoms with van der Waals surface area (Å²) in [6.07, 6.45) is 1.03. The molecule has 0 unspecified atom stereocenters. The molecule has 0 atom stereocenters. The summed E-state index contributed by atoms with van der Waals surface area (Å²) in [5, 5.41) is 10.8. The molecule has 0 spiro atoms. The molecule has 0 aromatic heterocycles. The van der Waals surface area contributed by atoms with Crippen molar-refractivity contribution in [2.24, 2.45) is 0 Å². The number of carbonyl (C=O) groups is 1. The average Bonchev–Trinajstić information content (AvgIpc) is 2.25. The first-order valence-corrected chi connectivity index (χ1v) is 5.74. The highest BCUT2D eigenvalue weighted by Gasteiger charge is 2.21. The fraction of sp³-hybridized carbons (Fsp3) is 0.417. The van der Waals surface area contributed by atoms with Crippen LogP contribution in [-0.4, -0.2) is 35.4 Å². The lowest BCUT2D eigenvalue weighted by atomic mass is 10.2. The highest BCUT2D eigenvalue weighted by Crippen LogP contribution is 2.27. The van der Waals surface area contributed by atoms with E-state index < -0.39 is 4.92 Å². The molecule has 6 heteroatoms. The molecule has 1 aliphatic heterocycles. The number of nitrogens with zero attached hydrogens (tertiary/aromatic N) is 2. The molecule has 0 N–H and O–H groups in total. The third-order valence-electron chi connectivity index (χ3n) is 3.01. The first-order chi connectivity index (χ1) is 8.59. The van der Waals surface area contributed by atoms with Crippen LogP contribution in [0.3, 0.4) is 0 Å². The van der Waals surface area contributed by atoms with Gasteiger partial charge in [0.15, 0.2) is 6.61 Å². The first kappa shape index (κ1) is 12.3. The lowest BCUT2D eigenvalue weighted by Gasteiger charge is -2.30. The summed E-state index contributed by atoms with van der Waals surface area (Å²) < 4.78 is 5.35. The standard InChI is InChI=1S/C12H14N2O4/c1-9-10(14(16)17)4-2-5-11(9)18-8-12(15)13-6-3-7-13/h2,4-5H,3,6-8H2,1H3. The van der Waals surface area contributed by atoms with Crippen LogP contribution in [0.2, 0.25) is 0 Å². The van der Waals surface area contributed by atoms with Crippen molar-refractivity contribution >= 4 is 11.6 Å². The Hall–Kier alpha value is -2.11. The van der Waals surface area contributed by atoms with Gasteiger partial charge in [-0.3, -0.25) is 14.9 Å². The summed E-state index contributed by atoms with van der Waals surface area (Å²) in [5.74, 6) is 0.310. The number of likely N-dealkylation sites (tertiary alicyclic amines) is 1. The van der Waals surface area contributed by atoms with E-state index in [9.17, 15) is 14.9 Å². The molecule has 1 aromatic carbocycles. The number of carbonyl (C=O) groups excluding carboxylic acids is 1. The number of hydrogen-bond donors (Lipinski definition) is 0. The van der Waals surface area contributed by atoms with Crippen molar-refractivity contribution in [2.75, 3.05) is 19.7 Å². The zero-order valence-corrected chi connectivity index (χ0v) is 10.1. The fourth-order valence-electron chi connectivity index (χ4n) is 1.75. The SMILES string of the molecule is Cc1c(OCC(=O)N2CCC2)cccc1[N+](=O)[O-]. The topological polar surface area (TPSA) is 72.7 Å². The highest BCUT2D eigenvalue weighted by atomic mass is 16.6. The van der Waals surface area contributed by atoms with Gasteiger partial charge in [0, 0.05) is 19.2 Å². The molecule has 96 valence electrons. The maximum Gasteiger partial charge on any atom is 0.276 e. The minimum Gasteiger partial charge on any atom is -0.483 e. The molecule has 0 radical (unpaired) electrons. The second kappa shape index (κ2) is 5.03. The van der Waals surface area contributed by atoms with Gasteiger partial charge in [0.25, 0.3) is 11.6 Å². The number of rotatable bonds is 4. The van der Waals surface area contributed by atoms with Crippen molar-refractivity contribution < 1.29 is 14.5 Å². The normalized spacial score (nSPS) is 13.9. The minimum atomic E-state index is -0.459. The van der Waals surface area contributed by atoms with Crippen molar-refractivity contribution in [1.82, 2.24) is 4.90 Å². The molecule has 2 rings (SSSR count). The van der Waals surface area contributed by atoms with Gasteiger partial charge >= 0.3 is 0 Å². The molecule has 1 heterocycles. The van der Waals surface area contributed by atoms with E-state index in [1.54, 1.807) is 24.0 Å². The van der Waals surface area contributed by atoms with Crippen molar-refractivity contribution in [1.29, 1.82) is 0 Å². The van der Waals surface area contributed by atoms with E-state index in [1.165, 1.54) is 6.07 Å². The van der Waals surface area contributed by atoms with Gasteiger partial charge in [0.1, 0.15) is 5.75 Å². The number of nitro benzene ring substituents is 1. The molecular formula is C12H14N2O4. The van der Waals surface area contributed by atoms with Crippen molar-refractivity contribution in [3.8, 4) is 5.75 Å². The third kappa shape index (κ3) is 2.42. The number of benzene rings is 1. The molecule has 0 saturated carbocycles. The summed E-state index contributed by atoms with van der Waals surface area (Å²) in [6, 6.07) is 4.60. The zero-order chi connectivity index (χ0) is 13.1. The molecule has 1 aliphatic rings. The summed E-state index contributed by atoms with van der Waals surface area (Å²) in [4.78, 5) is 23.6. The van der Waals surface area contributed by atoms with Crippen molar-refractivity contribution in [3.63, 3.8) is 0 Å². The molecule has 1 saturated heterocycles. The van der Waals surface area contributed by atoms with E-state index in [-0.39, 0.29) is 18.2 Å². The molecule has 18 heavy (non-hydrogen) atoms. The maximum atomic E-state index is 11.6. The van der Waals surface area contributed by atoms with Crippen LogP contribution in [0.1, 0.15) is 12.0 Å². The van der Waals surface area contributed by atoms with Gasteiger partial charge in [-0.05, 0) is 19.4 Å². The van der Waals surface area contributed by atoms with Crippen LogP contribution in [0.15, 0.2) is 18.2 Å². The van der Waals surface area contributed by atoms with Gasteiger partial charge in [0.05, 0.1) is 10.5 Å². The Labute approximate surface area is 104 Å². The predicted octanol–water partition coefficient (Wildman–Crippen LogP) is 1.51. The van der Waals surface area contributed by atoms with Gasteiger partial charge in [-0.2, -0.15) is 0 Å². The van der Waals surface area contributed by atoms with Crippen molar-refractivity contribution in [2.45, 2.75) is 13.3 Å². The van der Waals surface area contributed by atoms with E-state index in [2.05, 4.69) is 0 Å². The smallest absolute Gasteiger partial charge is 0.276 e. The lowest BCUT2D eigenvalue weighted by Crippen LogP contribution is -2.44. The average molecular weight is 250 g/mol. The van der Waals surface area contributed by atoms with Gasteiger partial charge in [-0.1, -0.05) is 6.07 Å². The maximum absolute atomic E-state index is 11.6. The number of amides is 1. The number of ether oxygens (including phenoxy) is 1. The van der Waals surface area contributed by atoms with Crippen molar-refractivity contribution in [3.05, 3.63) is 33.9 Å². The van der Waals surface area contributed by atoms with E-state index >= 15 is 0 Å². The van der Waals surface area contributed by atoms with Crippen LogP contribution in [-0.2, 0) is 4.79 Å². The minimum absolute atomic E-state index is 0.00361. The van der Waals surface area contributed by atoms with Crippen LogP contribution in [0.5, 0.6) is 5.75 Å². The largest absolute Gasteiger partial charge is 0.483 e. The zero-order valence-electron chi connectivity index (χ0n) is 10.1. The molecule has 6 nitrogen and oxygen atoms in total. The number of hydrogen-bond acceptors (Lipinski definition) is 4. The predicted molar refractivity (Wildman–Crippen MR) is 64.5 cm³/mol. The molecule has 1 amide bonds. The molecular weight excluding hydrogens is 236 g/mol. The Morgan fingerprint density at radius 1 is 1.50 bits per heavy atom. The van der Waals surface area contributed by atoms with Crippen LogP contribution in [0, 0.1) is 17.0 Å². The molecule has 1 fully saturated rings. The van der Waals surface area contributed by atoms with E-state index in [1.807, 2.05) is 0 Å². The quantitative estimate of drug-likeness (QED) is 0.599. The van der Waals surface area contributed by atoms with Crippen LogP contribution < -0.4 is 4.74 Å². The third-order valence-corrected chi connectivity index (χ3v) is 3.01. The molecule has 0 aliphatic carbocycles. The van der Waals surface area contributed by atoms with E-state index in [0.29, 0.717) is 11.3 Å². The van der Waals surface area contributed by atoms with E-state index in [4.69, 9.17) is 4.74 Å². The van der Waals surface area contributed by atoms with Gasteiger partial charge in [-0.25, -0.2) is 0 Å². The Morgan fingerprint density at radius 3 is 2.78 bits per heavy atom. The fourth-order valence-corrected chi connectivity index (χ4v) is 1.75. The number of nitro groups is 1. The Bertz CT molecular complexity index is 483. The van der Waals surface area contributed by atoms with E-state index in [0.717, 1.165) is 19.5 Å². The van der Waals surface area contributed by atoms with Gasteiger partial charge in [-0.15, -0.1) is 0 Å². The van der Waals surface area contributed by atoms with Crippen LogP contribution in [0.25, 0.3) is 0 Å². The Balaban J connectivity index is 2.02.